The molecule has 26 heteroatoms. The topological polar surface area (TPSA) is 231 Å². The molecule has 0 radical (unpaired) electrons. The largest absolute Gasteiger partial charge is 0.395 e. The Hall–Kier alpha value is -9.32. The molecule has 0 bridgehead atoms. The van der Waals surface area contributed by atoms with E-state index in [1.807, 2.05) is 106 Å². The molecule has 0 saturated carbocycles. The van der Waals surface area contributed by atoms with Crippen LogP contribution in [0, 0.1) is 0 Å². The second kappa shape index (κ2) is 57.5. The van der Waals surface area contributed by atoms with Gasteiger partial charge in [0.2, 0.25) is 23.6 Å². The number of benzene rings is 4. The Labute approximate surface area is 764 Å². The minimum Gasteiger partial charge on any atom is -0.395 e. The second-order valence-electron chi connectivity index (χ2n) is 32.2. The van der Waals surface area contributed by atoms with Crippen molar-refractivity contribution in [2.24, 2.45) is 0 Å². The van der Waals surface area contributed by atoms with Crippen LogP contribution < -0.4 is 37.9 Å². The van der Waals surface area contributed by atoms with Crippen LogP contribution in [-0.4, -0.2) is 242 Å². The number of nitrogens with zero attached hydrogens (tertiary/aromatic N) is 12. The van der Waals surface area contributed by atoms with E-state index in [1.54, 1.807) is 43.2 Å². The van der Waals surface area contributed by atoms with Crippen molar-refractivity contribution in [3.05, 3.63) is 240 Å². The maximum Gasteiger partial charge on any atom is 0.222 e. The highest BCUT2D eigenvalue weighted by molar-refractivity contribution is 8.77. The Balaban J connectivity index is 0.000000286. The number of aryl methyl sites for hydroxylation is 2. The van der Waals surface area contributed by atoms with Crippen LogP contribution in [0.15, 0.2) is 195 Å². The van der Waals surface area contributed by atoms with Crippen molar-refractivity contribution < 1.29 is 68.1 Å². The van der Waals surface area contributed by atoms with Gasteiger partial charge in [0.05, 0.1) is 51.7 Å². The van der Waals surface area contributed by atoms with Crippen LogP contribution in [0.1, 0.15) is 134 Å². The molecule has 10 rings (SSSR count). The van der Waals surface area contributed by atoms with E-state index in [-0.39, 0.29) is 62.3 Å². The summed E-state index contributed by atoms with van der Waals surface area (Å²) in [6.07, 6.45) is 44.1. The Kier molecular flexibility index (Phi) is 45.8. The molecule has 2 fully saturated rings. The normalized spacial score (nSPS) is 13.9. The molecule has 6 N–H and O–H groups in total. The van der Waals surface area contributed by atoms with E-state index < -0.39 is 0 Å². The average Bonchev–Trinajstić information content (AvgIpc) is 1.77. The van der Waals surface area contributed by atoms with Gasteiger partial charge in [-0.2, -0.15) is 0 Å². The Morgan fingerprint density at radius 1 is 0.317 bits per heavy atom. The number of aliphatic hydroxyl groups excluding tert-OH is 6. The highest BCUT2D eigenvalue weighted by atomic mass is 33.1. The van der Waals surface area contributed by atoms with Gasteiger partial charge in [0.1, 0.15) is 13.1 Å². The van der Waals surface area contributed by atoms with Crippen LogP contribution in [0.5, 0.6) is 0 Å². The maximum absolute atomic E-state index is 12.7. The van der Waals surface area contributed by atoms with Crippen molar-refractivity contribution in [3.8, 4) is 0 Å². The van der Waals surface area contributed by atoms with Gasteiger partial charge in [0.25, 0.3) is 0 Å². The number of aromatic nitrogens is 4. The van der Waals surface area contributed by atoms with Crippen molar-refractivity contribution >= 4 is 138 Å². The molecule has 126 heavy (non-hydrogen) atoms. The predicted molar refractivity (Wildman–Crippen MR) is 522 cm³/mol. The fraction of sp³-hybridized carbons (Fsp3) is 0.440. The molecule has 2 atom stereocenters. The number of unbranched alkanes of at least 4 members (excludes halogenated alkanes) is 2. The smallest absolute Gasteiger partial charge is 0.222 e. The zero-order valence-electron chi connectivity index (χ0n) is 74.4. The number of aliphatic hydroxyl groups is 6. The van der Waals surface area contributed by atoms with Gasteiger partial charge < -0.3 is 69.8 Å². The number of carbonyl (C=O) groups is 4. The van der Waals surface area contributed by atoms with Crippen LogP contribution in [0.3, 0.4) is 0 Å². The minimum absolute atomic E-state index is 0.0443. The average molecular weight is 1790 g/mol. The quantitative estimate of drug-likeness (QED) is 0.0118. The monoisotopic (exact) mass is 1790 g/mol. The van der Waals surface area contributed by atoms with Crippen molar-refractivity contribution in [1.82, 2.24) is 19.6 Å². The third-order valence-corrected chi connectivity index (χ3v) is 27.6. The van der Waals surface area contributed by atoms with Crippen molar-refractivity contribution in [3.63, 3.8) is 0 Å². The van der Waals surface area contributed by atoms with Gasteiger partial charge in [-0.05, 0) is 144 Å². The van der Waals surface area contributed by atoms with Gasteiger partial charge in [-0.1, -0.05) is 140 Å². The van der Waals surface area contributed by atoms with Crippen molar-refractivity contribution in [2.75, 3.05) is 176 Å². The van der Waals surface area contributed by atoms with Crippen LogP contribution in [0.4, 0.5) is 22.7 Å². The number of amides is 4. The molecule has 2 unspecified atom stereocenters. The predicted octanol–water partition coefficient (Wildman–Crippen LogP) is 12.6. The Bertz CT molecular complexity index is 4270. The Morgan fingerprint density at radius 3 is 0.802 bits per heavy atom. The molecule has 4 amide bonds. The van der Waals surface area contributed by atoms with Gasteiger partial charge in [0.15, 0.2) is 62.7 Å². The van der Waals surface area contributed by atoms with Crippen molar-refractivity contribution in [2.45, 2.75) is 128 Å². The van der Waals surface area contributed by atoms with E-state index in [0.717, 1.165) is 207 Å². The molecule has 676 valence electrons. The number of pyridine rings is 4. The lowest BCUT2D eigenvalue weighted by Crippen LogP contribution is -2.40. The molecular formula is C100H136N12O10S4+4. The molecule has 2 saturated heterocycles. The number of β-amino-alcohol motifs (C(OH)–C–C–N with tert-alkyl or cyclic N) is 2. The summed E-state index contributed by atoms with van der Waals surface area (Å²) in [6, 6.07) is 49.9. The lowest BCUT2D eigenvalue weighted by Gasteiger charge is -2.22. The third kappa shape index (κ3) is 37.5. The SMILES string of the molecule is CN(CCCC[n+]1ccc(/C=C/c2ccc(N(CCO)CCO)cc2)cc1)C(=O)CCCSSCCCC(=O)N(C)CCCC[n+]1ccc(/C=C/c2ccc(N(CCO)CCO)cc2)cc1.CN(CC[n+]1ccc(/C=C/c2ccc(N3CCC(O)C3)cc2)cc1)C(=O)CCCSSCCCC(=O)N(C)CC[n+]1ccc(/C=C/c2ccc(N3CCC(O)C3)cc2)cc1. The van der Waals surface area contributed by atoms with Gasteiger partial charge in [0, 0.05) is 226 Å². The van der Waals surface area contributed by atoms with Crippen LogP contribution >= 0.6 is 43.2 Å². The van der Waals surface area contributed by atoms with E-state index in [0.29, 0.717) is 78.0 Å². The molecule has 2 aliphatic heterocycles. The number of rotatable bonds is 54. The zero-order chi connectivity index (χ0) is 89.3. The lowest BCUT2D eigenvalue weighted by molar-refractivity contribution is -0.697. The molecule has 4 aromatic carbocycles. The van der Waals surface area contributed by atoms with Crippen LogP contribution in [-0.2, 0) is 45.4 Å². The summed E-state index contributed by atoms with van der Waals surface area (Å²) in [5.41, 5.74) is 13.2. The van der Waals surface area contributed by atoms with E-state index in [4.69, 9.17) is 0 Å². The van der Waals surface area contributed by atoms with E-state index >= 15 is 0 Å². The summed E-state index contributed by atoms with van der Waals surface area (Å²) >= 11 is 0. The van der Waals surface area contributed by atoms with E-state index in [9.17, 15) is 49.8 Å². The first-order chi connectivity index (χ1) is 61.4. The molecule has 6 heterocycles. The van der Waals surface area contributed by atoms with Gasteiger partial charge in [-0.25, -0.2) is 18.3 Å². The van der Waals surface area contributed by atoms with E-state index in [2.05, 4.69) is 223 Å². The van der Waals surface area contributed by atoms with Crippen LogP contribution in [0.2, 0.25) is 0 Å². The van der Waals surface area contributed by atoms with Gasteiger partial charge in [-0.15, -0.1) is 0 Å². The Morgan fingerprint density at radius 2 is 0.556 bits per heavy atom. The van der Waals surface area contributed by atoms with Crippen LogP contribution in [0.25, 0.3) is 48.6 Å². The fourth-order valence-electron chi connectivity index (χ4n) is 14.5. The maximum atomic E-state index is 12.7. The molecule has 8 aromatic rings. The first-order valence-electron chi connectivity index (χ1n) is 44.7. The van der Waals surface area contributed by atoms with Crippen molar-refractivity contribution in [1.29, 1.82) is 0 Å². The standard InChI is InChI=1S/C52H74N6O6S2.C48H62N6O4S2/c1-53(27-3-5-29-55-31-23-47(24-32-55)13-11-45-15-19-49(20-16-45)57(35-39-59)36-40-60)51(63)9-7-43-65-66-44-8-10-52(64)54(2)28-4-6-30-56-33-25-48(26-34-56)14-12-46-17-21-50(22-18-46)58(37-41-61)38-42-62;1-49(31-33-51-25-19-41(20-26-51)9-7-39-11-15-43(16-12-39)53-29-23-45(55)37-53)47(57)5-3-35-59-60-36-4-6-48(58)50(2)32-34-52-27-21-42(22-28-52)10-8-40-13-17-44(18-14-40)54-30-24-46(56)38-54/h11-26,31-34,59-62H,3-10,27-30,35-44H2,1-2H3;7-22,25-28,45-46,55-56H,3-6,23-24,29-38H2,1-2H3/q2*+2. The summed E-state index contributed by atoms with van der Waals surface area (Å²) in [7, 11) is 14.7. The third-order valence-electron chi connectivity index (χ3n) is 22.4. The molecule has 0 aliphatic carbocycles. The summed E-state index contributed by atoms with van der Waals surface area (Å²) in [5, 5.41) is 56.8. The first-order valence-corrected chi connectivity index (χ1v) is 49.7. The highest BCUT2D eigenvalue weighted by Crippen LogP contribution is 2.28. The first kappa shape index (κ1) is 100. The zero-order valence-corrected chi connectivity index (χ0v) is 77.7. The molecule has 4 aromatic heterocycles. The summed E-state index contributed by atoms with van der Waals surface area (Å²) in [4.78, 5) is 66.6. The molecule has 22 nitrogen and oxygen atoms in total. The number of carbonyl (C=O) groups excluding carboxylic acids is 4. The lowest BCUT2D eigenvalue weighted by atomic mass is 10.1. The highest BCUT2D eigenvalue weighted by Gasteiger charge is 2.23. The summed E-state index contributed by atoms with van der Waals surface area (Å²) in [5.74, 6) is 4.42. The number of hydrogen-bond donors (Lipinski definition) is 6. The second-order valence-corrected chi connectivity index (χ2v) is 37.6. The minimum atomic E-state index is -0.224. The van der Waals surface area contributed by atoms with Gasteiger partial charge in [-0.3, -0.25) is 19.2 Å². The number of likely N-dealkylation sites (N-methyl/N-ethyl adjacent to an activating group) is 2. The molecular weight excluding hydrogens is 1660 g/mol. The van der Waals surface area contributed by atoms with E-state index in [1.165, 1.54) is 0 Å². The summed E-state index contributed by atoms with van der Waals surface area (Å²) in [6.45, 7) is 11.5. The molecule has 0 spiro atoms. The van der Waals surface area contributed by atoms with Gasteiger partial charge >= 0.3 is 0 Å². The molecule has 2 aliphatic rings. The number of anilines is 4. The summed E-state index contributed by atoms with van der Waals surface area (Å²) < 4.78 is 8.57. The number of hydrogen-bond acceptors (Lipinski definition) is 18. The fourth-order valence-corrected chi connectivity index (χ4v) is 18.8.